The Morgan fingerprint density at radius 2 is 2.33 bits per heavy atom. The average molecular weight is 349 g/mol. The molecule has 0 aliphatic carbocycles. The molecule has 0 radical (unpaired) electrons. The zero-order valence-corrected chi connectivity index (χ0v) is 14.7. The second kappa shape index (κ2) is 7.63. The van der Waals surface area contributed by atoms with Gasteiger partial charge in [0, 0.05) is 24.8 Å². The first-order valence-corrected chi connectivity index (χ1v) is 8.91. The number of likely N-dealkylation sites (N-methyl/N-ethyl adjacent to an activating group) is 1. The van der Waals surface area contributed by atoms with Crippen LogP contribution in [0.25, 0.3) is 5.57 Å². The maximum Gasteiger partial charge on any atom is 0.227 e. The van der Waals surface area contributed by atoms with Crippen molar-refractivity contribution in [2.45, 2.75) is 32.6 Å². The molecule has 3 heterocycles. The zero-order chi connectivity index (χ0) is 16.9. The van der Waals surface area contributed by atoms with Crippen LogP contribution >= 0.6 is 11.3 Å². The van der Waals surface area contributed by atoms with Crippen molar-refractivity contribution in [3.05, 3.63) is 22.8 Å². The van der Waals surface area contributed by atoms with E-state index in [0.717, 1.165) is 36.5 Å². The minimum Gasteiger partial charge on any atom is -0.339 e. The molecule has 1 aliphatic heterocycles. The van der Waals surface area contributed by atoms with Crippen LogP contribution in [0.5, 0.6) is 0 Å². The van der Waals surface area contributed by atoms with Crippen molar-refractivity contribution in [3.63, 3.8) is 0 Å². The number of anilines is 1. The number of aromatic nitrogens is 4. The van der Waals surface area contributed by atoms with Gasteiger partial charge >= 0.3 is 0 Å². The highest BCUT2D eigenvalue weighted by Gasteiger charge is 2.17. The van der Waals surface area contributed by atoms with E-state index in [1.54, 1.807) is 0 Å². The molecule has 3 rings (SSSR count). The predicted octanol–water partition coefficient (Wildman–Crippen LogP) is 0.357. The van der Waals surface area contributed by atoms with E-state index in [0.29, 0.717) is 23.3 Å². The van der Waals surface area contributed by atoms with Gasteiger partial charge in [-0.05, 0) is 12.5 Å². The summed E-state index contributed by atoms with van der Waals surface area (Å²) < 4.78 is 5.25. The van der Waals surface area contributed by atoms with E-state index in [1.165, 1.54) is 16.2 Å². The molecule has 2 N–H and O–H groups in total. The van der Waals surface area contributed by atoms with Crippen molar-refractivity contribution in [3.8, 4) is 0 Å². The van der Waals surface area contributed by atoms with Crippen LogP contribution in [0.15, 0.2) is 10.6 Å². The van der Waals surface area contributed by atoms with E-state index in [-0.39, 0.29) is 12.3 Å². The molecular weight excluding hydrogens is 328 g/mol. The zero-order valence-electron chi connectivity index (χ0n) is 13.8. The van der Waals surface area contributed by atoms with E-state index in [1.807, 2.05) is 6.92 Å². The second-order valence-electron chi connectivity index (χ2n) is 5.80. The summed E-state index contributed by atoms with van der Waals surface area (Å²) in [7, 11) is 2.16. The molecule has 1 unspecified atom stereocenters. The van der Waals surface area contributed by atoms with Crippen molar-refractivity contribution in [2.75, 3.05) is 25.5 Å². The molecule has 1 amide bonds. The number of carbonyl (C=O) groups excluding carboxylic acids is 1. The normalized spacial score (nSPS) is 17.6. The molecule has 0 bridgehead atoms. The number of nitrogens with zero attached hydrogens (tertiary/aromatic N) is 4. The molecular formula is C15H21N6O2S+. The van der Waals surface area contributed by atoms with E-state index in [2.05, 4.69) is 38.8 Å². The maximum atomic E-state index is 12.0. The minimum absolute atomic E-state index is 0.129. The van der Waals surface area contributed by atoms with Gasteiger partial charge in [0.25, 0.3) is 0 Å². The standard InChI is InChI=1S/C15H20N6O2S/c1-3-13-18-19-15(24-13)16-11(22)4-5-12-17-14(20-23-12)10-6-8-21(2)9-7-10/h6H,3-5,7-9H2,1-2H3,(H,16,19,22)/p+1. The van der Waals surface area contributed by atoms with Gasteiger partial charge in [-0.2, -0.15) is 4.98 Å². The number of nitrogens with one attached hydrogen (secondary N) is 2. The number of aryl methyl sites for hydroxylation is 2. The largest absolute Gasteiger partial charge is 0.339 e. The Balaban J connectivity index is 1.51. The lowest BCUT2D eigenvalue weighted by molar-refractivity contribution is -0.874. The number of rotatable bonds is 6. The monoisotopic (exact) mass is 349 g/mol. The highest BCUT2D eigenvalue weighted by molar-refractivity contribution is 7.15. The molecule has 9 heteroatoms. The predicted molar refractivity (Wildman–Crippen MR) is 89.8 cm³/mol. The SMILES string of the molecule is CCc1nnc(NC(=O)CCc2nc(C3=CC[NH+](C)CC3)no2)s1. The third-order valence-electron chi connectivity index (χ3n) is 3.85. The Kier molecular flexibility index (Phi) is 5.31. The lowest BCUT2D eigenvalue weighted by atomic mass is 10.1. The highest BCUT2D eigenvalue weighted by Crippen LogP contribution is 2.17. The average Bonchev–Trinajstić information content (AvgIpc) is 3.23. The van der Waals surface area contributed by atoms with Crippen LogP contribution in [-0.4, -0.2) is 46.4 Å². The van der Waals surface area contributed by atoms with Crippen LogP contribution in [-0.2, 0) is 17.6 Å². The van der Waals surface area contributed by atoms with Gasteiger partial charge in [0.05, 0.1) is 20.1 Å². The van der Waals surface area contributed by atoms with Gasteiger partial charge in [-0.3, -0.25) is 4.79 Å². The van der Waals surface area contributed by atoms with Gasteiger partial charge in [-0.15, -0.1) is 10.2 Å². The first kappa shape index (κ1) is 16.7. The van der Waals surface area contributed by atoms with Crippen LogP contribution < -0.4 is 10.2 Å². The number of quaternary nitrogens is 1. The fourth-order valence-corrected chi connectivity index (χ4v) is 3.08. The molecule has 1 atom stereocenters. The Labute approximate surface area is 144 Å². The molecule has 2 aromatic heterocycles. The van der Waals surface area contributed by atoms with Gasteiger partial charge in [-0.1, -0.05) is 23.4 Å². The van der Waals surface area contributed by atoms with Crippen LogP contribution in [0.1, 0.15) is 36.5 Å². The molecule has 0 fully saturated rings. The van der Waals surface area contributed by atoms with Crippen LogP contribution in [0, 0.1) is 0 Å². The lowest BCUT2D eigenvalue weighted by Gasteiger charge is -2.17. The molecule has 24 heavy (non-hydrogen) atoms. The van der Waals surface area contributed by atoms with Gasteiger partial charge in [-0.25, -0.2) is 0 Å². The van der Waals surface area contributed by atoms with Crippen molar-refractivity contribution >= 4 is 27.9 Å². The van der Waals surface area contributed by atoms with Crippen molar-refractivity contribution < 1.29 is 14.2 Å². The maximum absolute atomic E-state index is 12.0. The molecule has 8 nitrogen and oxygen atoms in total. The topological polar surface area (TPSA) is 98.2 Å². The number of hydrogen-bond donors (Lipinski definition) is 2. The molecule has 0 saturated heterocycles. The first-order valence-electron chi connectivity index (χ1n) is 8.09. The molecule has 1 aliphatic rings. The van der Waals surface area contributed by atoms with Crippen molar-refractivity contribution in [2.24, 2.45) is 0 Å². The smallest absolute Gasteiger partial charge is 0.227 e. The van der Waals surface area contributed by atoms with Gasteiger partial charge < -0.3 is 14.7 Å². The van der Waals surface area contributed by atoms with E-state index < -0.39 is 0 Å². The summed E-state index contributed by atoms with van der Waals surface area (Å²) in [6, 6.07) is 0. The van der Waals surface area contributed by atoms with Crippen molar-refractivity contribution in [1.82, 2.24) is 20.3 Å². The Morgan fingerprint density at radius 1 is 1.46 bits per heavy atom. The summed E-state index contributed by atoms with van der Waals surface area (Å²) in [5.74, 6) is 1.00. The molecule has 0 aromatic carbocycles. The molecule has 0 saturated carbocycles. The number of hydrogen-bond acceptors (Lipinski definition) is 7. The first-order chi connectivity index (χ1) is 11.6. The quantitative estimate of drug-likeness (QED) is 0.781. The number of carbonyl (C=O) groups is 1. The van der Waals surface area contributed by atoms with E-state index >= 15 is 0 Å². The Bertz CT molecular complexity index is 738. The van der Waals surface area contributed by atoms with E-state index in [4.69, 9.17) is 4.52 Å². The minimum atomic E-state index is -0.129. The number of amides is 1. The lowest BCUT2D eigenvalue weighted by Crippen LogP contribution is -3.09. The summed E-state index contributed by atoms with van der Waals surface area (Å²) >= 11 is 1.39. The van der Waals surface area contributed by atoms with Crippen LogP contribution in [0.2, 0.25) is 0 Å². The third-order valence-corrected chi connectivity index (χ3v) is 4.84. The van der Waals surface area contributed by atoms with Gasteiger partial charge in [0.2, 0.25) is 16.9 Å². The summed E-state index contributed by atoms with van der Waals surface area (Å²) in [6.07, 6.45) is 4.60. The fourth-order valence-electron chi connectivity index (χ4n) is 2.39. The molecule has 2 aromatic rings. The van der Waals surface area contributed by atoms with Gasteiger partial charge in [0.15, 0.2) is 5.82 Å². The van der Waals surface area contributed by atoms with Gasteiger partial charge in [0.1, 0.15) is 5.01 Å². The second-order valence-corrected chi connectivity index (χ2v) is 6.87. The highest BCUT2D eigenvalue weighted by atomic mass is 32.1. The van der Waals surface area contributed by atoms with Crippen molar-refractivity contribution in [1.29, 1.82) is 0 Å². The third kappa shape index (κ3) is 4.24. The van der Waals surface area contributed by atoms with E-state index in [9.17, 15) is 4.79 Å². The molecule has 128 valence electrons. The summed E-state index contributed by atoms with van der Waals surface area (Å²) in [5.41, 5.74) is 1.13. The Morgan fingerprint density at radius 3 is 3.04 bits per heavy atom. The summed E-state index contributed by atoms with van der Waals surface area (Å²) in [4.78, 5) is 17.8. The fraction of sp³-hybridized carbons (Fsp3) is 0.533. The van der Waals surface area contributed by atoms with Crippen LogP contribution in [0.3, 0.4) is 0 Å². The Hall–Kier alpha value is -2.13. The molecule has 0 spiro atoms. The summed E-state index contributed by atoms with van der Waals surface area (Å²) in [5, 5.41) is 16.1. The van der Waals surface area contributed by atoms with Crippen LogP contribution in [0.4, 0.5) is 5.13 Å². The summed E-state index contributed by atoms with van der Waals surface area (Å²) in [6.45, 7) is 4.04.